The van der Waals surface area contributed by atoms with Crippen molar-refractivity contribution in [1.82, 2.24) is 29.4 Å². The van der Waals surface area contributed by atoms with Crippen molar-refractivity contribution in [3.05, 3.63) is 106 Å². The maximum atomic E-state index is 16.2. The van der Waals surface area contributed by atoms with Gasteiger partial charge < -0.3 is 10.1 Å². The van der Waals surface area contributed by atoms with E-state index in [0.29, 0.717) is 33.0 Å². The number of alkyl halides is 2. The Hall–Kier alpha value is -6.21. The maximum absolute atomic E-state index is 16.2. The number of hydrogen-bond acceptors (Lipinski definition) is 9. The van der Waals surface area contributed by atoms with Crippen LogP contribution in [0.3, 0.4) is 0 Å². The molecule has 308 valence electrons. The van der Waals surface area contributed by atoms with Gasteiger partial charge in [-0.2, -0.15) is 8.42 Å². The molecule has 1 aromatic heterocycles. The van der Waals surface area contributed by atoms with E-state index >= 15 is 13.2 Å². The van der Waals surface area contributed by atoms with Crippen molar-refractivity contribution in [2.24, 2.45) is 7.05 Å². The van der Waals surface area contributed by atoms with E-state index in [2.05, 4.69) is 10.6 Å². The third-order valence-electron chi connectivity index (χ3n) is 11.0. The Kier molecular flexibility index (Phi) is 10.2. The van der Waals surface area contributed by atoms with Gasteiger partial charge in [0.25, 0.3) is 17.7 Å². The van der Waals surface area contributed by atoms with E-state index in [4.69, 9.17) is 4.74 Å². The number of rotatable bonds is 10. The summed E-state index contributed by atoms with van der Waals surface area (Å²) in [5.74, 6) is -7.87. The Bertz CT molecular complexity index is 2720. The number of nitrogens with one attached hydrogen (secondary N) is 3. The molecule has 8 rings (SSSR count). The van der Waals surface area contributed by atoms with Crippen LogP contribution >= 0.6 is 0 Å². The predicted molar refractivity (Wildman–Crippen MR) is 209 cm³/mol. The van der Waals surface area contributed by atoms with Crippen molar-refractivity contribution in [2.75, 3.05) is 37.0 Å². The summed E-state index contributed by atoms with van der Waals surface area (Å²) in [7, 11) is -2.90. The first-order valence-electron chi connectivity index (χ1n) is 18.8. The molecule has 0 radical (unpaired) electrons. The Morgan fingerprint density at radius 3 is 2.46 bits per heavy atom. The number of piperidine rings is 2. The molecule has 4 amide bonds. The molecule has 3 aliphatic heterocycles. The fourth-order valence-electron chi connectivity index (χ4n) is 8.06. The second-order valence-electron chi connectivity index (χ2n) is 14.8. The van der Waals surface area contributed by atoms with Crippen LogP contribution in [0.1, 0.15) is 52.7 Å². The minimum absolute atomic E-state index is 0.0200. The number of likely N-dealkylation sites (tertiary alicyclic amines) is 1. The smallest absolute Gasteiger partial charge is 0.329 e. The average Bonchev–Trinajstić information content (AvgIpc) is 3.61. The van der Waals surface area contributed by atoms with E-state index in [1.807, 2.05) is 4.72 Å². The van der Waals surface area contributed by atoms with Gasteiger partial charge in [-0.15, -0.1) is 0 Å². The van der Waals surface area contributed by atoms with Gasteiger partial charge >= 0.3 is 15.9 Å². The van der Waals surface area contributed by atoms with Crippen LogP contribution in [0.4, 0.5) is 18.9 Å². The molecule has 0 saturated carbocycles. The second kappa shape index (κ2) is 15.2. The molecule has 0 aliphatic carbocycles. The molecule has 5 aromatic rings. The zero-order valence-corrected chi connectivity index (χ0v) is 32.4. The van der Waals surface area contributed by atoms with Gasteiger partial charge in [0, 0.05) is 37.5 Å². The number of carbonyl (C=O) groups is 4. The number of imide groups is 1. The van der Waals surface area contributed by atoms with Crippen LogP contribution in [0.2, 0.25) is 0 Å². The number of anilines is 1. The van der Waals surface area contributed by atoms with Gasteiger partial charge in [0.1, 0.15) is 30.6 Å². The van der Waals surface area contributed by atoms with Crippen LogP contribution in [0.15, 0.2) is 77.6 Å². The first-order chi connectivity index (χ1) is 28.1. The molecule has 4 heterocycles. The number of halogens is 3. The highest BCUT2D eigenvalue weighted by Gasteiger charge is 2.45. The van der Waals surface area contributed by atoms with E-state index < -0.39 is 82.0 Å². The molecule has 15 nitrogen and oxygen atoms in total. The van der Waals surface area contributed by atoms with Crippen molar-refractivity contribution in [1.29, 1.82) is 0 Å². The molecule has 3 saturated heterocycles. The standard InChI is InChI=1S/C40H38F3N7O8S/c1-47-31-18-24(8-10-29(31)50(39(47)55)30-11-12-33(51)45-38(30)54)28-13-15-48(22-40(28,42)43)16-14-44-37(53)25-7-9-27-26(17-25)19-32(58-21-23-5-3-2-4-6-23)36(35(27)41)49-20-34(52)46-59(49,56)57/h2-10,17-19,28,30H,11-16,20-22H2,1H3,(H,44,53)(H,46,52)(H,45,51,54). The van der Waals surface area contributed by atoms with Crippen molar-refractivity contribution >= 4 is 61.3 Å². The first-order valence-corrected chi connectivity index (χ1v) is 20.2. The van der Waals surface area contributed by atoms with E-state index in [0.717, 1.165) is 0 Å². The molecule has 0 bridgehead atoms. The van der Waals surface area contributed by atoms with E-state index in [9.17, 15) is 32.4 Å². The lowest BCUT2D eigenvalue weighted by Gasteiger charge is -2.38. The van der Waals surface area contributed by atoms with Gasteiger partial charge in [-0.1, -0.05) is 42.5 Å². The van der Waals surface area contributed by atoms with E-state index in [-0.39, 0.29) is 61.0 Å². The maximum Gasteiger partial charge on any atom is 0.329 e. The van der Waals surface area contributed by atoms with Gasteiger partial charge in [0.15, 0.2) is 5.82 Å². The zero-order valence-electron chi connectivity index (χ0n) is 31.5. The fraction of sp³-hybridized carbons (Fsp3) is 0.325. The number of aromatic nitrogens is 2. The van der Waals surface area contributed by atoms with Crippen molar-refractivity contribution in [3.8, 4) is 5.75 Å². The number of ether oxygens (including phenoxy) is 1. The van der Waals surface area contributed by atoms with E-state index in [1.54, 1.807) is 53.4 Å². The van der Waals surface area contributed by atoms with Crippen LogP contribution in [-0.4, -0.2) is 84.7 Å². The molecule has 3 aliphatic rings. The Balaban J connectivity index is 0.942. The summed E-state index contributed by atoms with van der Waals surface area (Å²) in [4.78, 5) is 64.2. The summed E-state index contributed by atoms with van der Waals surface area (Å²) in [6, 6.07) is 18.1. The lowest BCUT2D eigenvalue weighted by Crippen LogP contribution is -2.49. The fourth-order valence-corrected chi connectivity index (χ4v) is 9.22. The minimum Gasteiger partial charge on any atom is -0.487 e. The second-order valence-corrected chi connectivity index (χ2v) is 16.4. The molecule has 0 spiro atoms. The van der Waals surface area contributed by atoms with Gasteiger partial charge in [-0.05, 0) is 66.2 Å². The number of aryl methyl sites for hydroxylation is 1. The number of nitrogens with zero attached hydrogens (tertiary/aromatic N) is 4. The van der Waals surface area contributed by atoms with Crippen LogP contribution in [-0.2, 0) is 38.2 Å². The summed E-state index contributed by atoms with van der Waals surface area (Å²) < 4.78 is 84.2. The lowest BCUT2D eigenvalue weighted by molar-refractivity contribution is -0.135. The molecule has 59 heavy (non-hydrogen) atoms. The number of benzene rings is 4. The highest BCUT2D eigenvalue weighted by molar-refractivity contribution is 7.92. The quantitative estimate of drug-likeness (QED) is 0.178. The molecular formula is C40H38F3N7O8S. The van der Waals surface area contributed by atoms with Gasteiger partial charge in [0.05, 0.1) is 23.5 Å². The summed E-state index contributed by atoms with van der Waals surface area (Å²) in [6.07, 6.45) is 0.309. The van der Waals surface area contributed by atoms with Crippen molar-refractivity contribution in [3.63, 3.8) is 0 Å². The summed E-state index contributed by atoms with van der Waals surface area (Å²) in [5, 5.41) is 5.16. The number of hydrogen-bond donors (Lipinski definition) is 3. The Morgan fingerprint density at radius 1 is 0.966 bits per heavy atom. The lowest BCUT2D eigenvalue weighted by atomic mass is 9.86. The largest absolute Gasteiger partial charge is 0.487 e. The molecule has 3 fully saturated rings. The number of imidazole rings is 1. The number of fused-ring (bicyclic) bond motifs is 2. The van der Waals surface area contributed by atoms with Crippen LogP contribution < -0.4 is 30.1 Å². The molecule has 2 atom stereocenters. The van der Waals surface area contributed by atoms with Crippen molar-refractivity contribution < 1.29 is 45.5 Å². The van der Waals surface area contributed by atoms with E-state index in [1.165, 1.54) is 40.4 Å². The summed E-state index contributed by atoms with van der Waals surface area (Å²) in [5.41, 5.74) is 1.01. The third kappa shape index (κ3) is 7.51. The zero-order chi connectivity index (χ0) is 41.8. The van der Waals surface area contributed by atoms with Crippen LogP contribution in [0.25, 0.3) is 21.8 Å². The summed E-state index contributed by atoms with van der Waals surface area (Å²) >= 11 is 0. The molecular weight excluding hydrogens is 796 g/mol. The first kappa shape index (κ1) is 39.6. The highest BCUT2D eigenvalue weighted by atomic mass is 32.2. The normalized spacial score (nSPS) is 20.5. The Labute approximate surface area is 334 Å². The van der Waals surface area contributed by atoms with Crippen LogP contribution in [0, 0.1) is 5.82 Å². The van der Waals surface area contributed by atoms with Gasteiger partial charge in [0.2, 0.25) is 11.8 Å². The highest BCUT2D eigenvalue weighted by Crippen LogP contribution is 2.42. The van der Waals surface area contributed by atoms with Gasteiger partial charge in [-0.3, -0.25) is 38.5 Å². The number of carbonyl (C=O) groups excluding carboxylic acids is 4. The molecule has 3 N–H and O–H groups in total. The summed E-state index contributed by atoms with van der Waals surface area (Å²) in [6.45, 7) is -0.873. The SMILES string of the molecule is Cn1c(=O)n(C2CCC(=O)NC2=O)c2ccc(C3CCN(CCNC(=O)c4ccc5c(F)c(N6CC(=O)NS6(=O)=O)c(OCc6ccccc6)cc5c4)CC3(F)F)cc21. The molecule has 4 aromatic carbocycles. The topological polar surface area (TPSA) is 181 Å². The molecule has 19 heteroatoms. The van der Waals surface area contributed by atoms with Gasteiger partial charge in [-0.25, -0.2) is 27.0 Å². The predicted octanol–water partition coefficient (Wildman–Crippen LogP) is 3.22. The van der Waals surface area contributed by atoms with Crippen LogP contribution in [0.5, 0.6) is 5.75 Å². The monoisotopic (exact) mass is 833 g/mol. The molecule has 2 unspecified atom stereocenters. The van der Waals surface area contributed by atoms with Crippen molar-refractivity contribution in [2.45, 2.75) is 43.8 Å². The Morgan fingerprint density at radius 2 is 1.75 bits per heavy atom. The minimum atomic E-state index is -4.40. The third-order valence-corrected chi connectivity index (χ3v) is 12.4. The number of amides is 4. The average molecular weight is 834 g/mol.